The highest BCUT2D eigenvalue weighted by Crippen LogP contribution is 2.31. The van der Waals surface area contributed by atoms with Gasteiger partial charge in [0.1, 0.15) is 5.82 Å². The van der Waals surface area contributed by atoms with Crippen LogP contribution in [0.1, 0.15) is 23.7 Å². The van der Waals surface area contributed by atoms with Crippen LogP contribution in [0.25, 0.3) is 0 Å². The molecule has 1 saturated heterocycles. The van der Waals surface area contributed by atoms with Crippen LogP contribution in [0.5, 0.6) is 0 Å². The lowest BCUT2D eigenvalue weighted by Gasteiger charge is -2.16. The van der Waals surface area contributed by atoms with E-state index in [2.05, 4.69) is 15.3 Å². The second kappa shape index (κ2) is 7.57. The molecule has 0 bridgehead atoms. The number of hydrogen-bond donors (Lipinski definition) is 1. The number of hydrogen-bond acceptors (Lipinski definition) is 5. The van der Waals surface area contributed by atoms with Crippen molar-refractivity contribution in [2.45, 2.75) is 24.3 Å². The fraction of sp³-hybridized carbons (Fsp3) is 0.300. The largest absolute Gasteiger partial charge is 0.355 e. The number of anilines is 2. The Hall–Kier alpha value is -2.78. The van der Waals surface area contributed by atoms with Gasteiger partial charge in [0.2, 0.25) is 0 Å². The van der Waals surface area contributed by atoms with Crippen molar-refractivity contribution in [3.63, 3.8) is 0 Å². The average Bonchev–Trinajstić information content (AvgIpc) is 3.31. The van der Waals surface area contributed by atoms with Gasteiger partial charge in [-0.2, -0.15) is 4.31 Å². The number of rotatable bonds is 5. The summed E-state index contributed by atoms with van der Waals surface area (Å²) in [7, 11) is -1.88. The van der Waals surface area contributed by atoms with Gasteiger partial charge in [-0.25, -0.2) is 17.8 Å². The molecule has 0 amide bonds. The van der Waals surface area contributed by atoms with Crippen LogP contribution in [0.3, 0.4) is 0 Å². The molecule has 1 aromatic carbocycles. The van der Waals surface area contributed by atoms with Crippen LogP contribution in [0.15, 0.2) is 53.9 Å². The molecule has 4 rings (SSSR count). The Morgan fingerprint density at radius 2 is 2.03 bits per heavy atom. The van der Waals surface area contributed by atoms with Crippen molar-refractivity contribution in [3.05, 3.63) is 66.1 Å². The number of nitrogens with one attached hydrogen (secondary N) is 1. The lowest BCUT2D eigenvalue weighted by molar-refractivity contribution is 0.469. The van der Waals surface area contributed by atoms with Crippen molar-refractivity contribution in [1.82, 2.24) is 18.8 Å². The van der Waals surface area contributed by atoms with Gasteiger partial charge in [0.25, 0.3) is 10.0 Å². The van der Waals surface area contributed by atoms with Gasteiger partial charge in [-0.15, -0.1) is 0 Å². The summed E-state index contributed by atoms with van der Waals surface area (Å²) in [5.41, 5.74) is 3.08. The highest BCUT2D eigenvalue weighted by atomic mass is 32.2. The smallest absolute Gasteiger partial charge is 0.262 e. The van der Waals surface area contributed by atoms with Gasteiger partial charge in [0.05, 0.1) is 6.33 Å². The quantitative estimate of drug-likeness (QED) is 0.692. The van der Waals surface area contributed by atoms with Gasteiger partial charge < -0.3 is 9.88 Å². The van der Waals surface area contributed by atoms with Gasteiger partial charge in [0, 0.05) is 55.0 Å². The van der Waals surface area contributed by atoms with E-state index in [4.69, 9.17) is 0 Å². The lowest BCUT2D eigenvalue weighted by atomic mass is 10.0. The van der Waals surface area contributed by atoms with Gasteiger partial charge in [-0.3, -0.25) is 4.98 Å². The molecule has 1 N–H and O–H groups in total. The molecular formula is C20H22FN5O2S. The first kappa shape index (κ1) is 19.5. The SMILES string of the molecule is Cc1cc(Nc2cccc(F)c2)cc([C@H]2CCN(S(=O)(=O)c3cn(C)cn3)C2)n1. The minimum absolute atomic E-state index is 0.0125. The fourth-order valence-electron chi connectivity index (χ4n) is 3.55. The van der Waals surface area contributed by atoms with Gasteiger partial charge in [-0.1, -0.05) is 6.07 Å². The van der Waals surface area contributed by atoms with Crippen molar-refractivity contribution in [1.29, 1.82) is 0 Å². The molecule has 1 aliphatic heterocycles. The highest BCUT2D eigenvalue weighted by molar-refractivity contribution is 7.89. The highest BCUT2D eigenvalue weighted by Gasteiger charge is 2.35. The molecular weight excluding hydrogens is 393 g/mol. The first-order chi connectivity index (χ1) is 13.8. The summed E-state index contributed by atoms with van der Waals surface area (Å²) in [6, 6.07) is 10.0. The normalized spacial score (nSPS) is 17.6. The third kappa shape index (κ3) is 4.15. The Kier molecular flexibility index (Phi) is 5.10. The van der Waals surface area contributed by atoms with Crippen LogP contribution in [0, 0.1) is 12.7 Å². The summed E-state index contributed by atoms with van der Waals surface area (Å²) < 4.78 is 42.2. The number of pyridine rings is 1. The number of nitrogens with zero attached hydrogens (tertiary/aromatic N) is 4. The fourth-order valence-corrected chi connectivity index (χ4v) is 5.02. The molecule has 1 aliphatic rings. The van der Waals surface area contributed by atoms with Crippen LogP contribution in [0.2, 0.25) is 0 Å². The van der Waals surface area contributed by atoms with Crippen LogP contribution in [-0.2, 0) is 17.1 Å². The Morgan fingerprint density at radius 3 is 2.76 bits per heavy atom. The van der Waals surface area contributed by atoms with Crippen molar-refractivity contribution >= 4 is 21.4 Å². The number of imidazole rings is 1. The first-order valence-corrected chi connectivity index (χ1v) is 10.7. The molecule has 152 valence electrons. The zero-order valence-corrected chi connectivity index (χ0v) is 17.0. The number of benzene rings is 1. The van der Waals surface area contributed by atoms with E-state index in [-0.39, 0.29) is 16.8 Å². The van der Waals surface area contributed by atoms with E-state index in [0.717, 1.165) is 17.1 Å². The van der Waals surface area contributed by atoms with E-state index in [1.165, 1.54) is 29.0 Å². The number of aryl methyl sites for hydroxylation is 2. The maximum Gasteiger partial charge on any atom is 0.262 e. The van der Waals surface area contributed by atoms with Crippen LogP contribution in [0.4, 0.5) is 15.8 Å². The number of sulfonamides is 1. The van der Waals surface area contributed by atoms with Gasteiger partial charge >= 0.3 is 0 Å². The molecule has 7 nitrogen and oxygen atoms in total. The maximum absolute atomic E-state index is 13.4. The van der Waals surface area contributed by atoms with Crippen molar-refractivity contribution in [2.24, 2.45) is 7.05 Å². The van der Waals surface area contributed by atoms with Crippen molar-refractivity contribution < 1.29 is 12.8 Å². The minimum Gasteiger partial charge on any atom is -0.355 e. The average molecular weight is 415 g/mol. The molecule has 0 aliphatic carbocycles. The molecule has 2 aromatic heterocycles. The monoisotopic (exact) mass is 415 g/mol. The van der Waals surface area contributed by atoms with E-state index in [9.17, 15) is 12.8 Å². The molecule has 1 fully saturated rings. The summed E-state index contributed by atoms with van der Waals surface area (Å²) in [6.07, 6.45) is 3.67. The second-order valence-electron chi connectivity index (χ2n) is 7.28. The zero-order chi connectivity index (χ0) is 20.6. The molecule has 0 radical (unpaired) electrons. The first-order valence-electron chi connectivity index (χ1n) is 9.30. The van der Waals surface area contributed by atoms with E-state index >= 15 is 0 Å². The summed E-state index contributed by atoms with van der Waals surface area (Å²) in [5, 5.41) is 3.26. The van der Waals surface area contributed by atoms with Crippen molar-refractivity contribution in [3.8, 4) is 0 Å². The third-order valence-electron chi connectivity index (χ3n) is 4.94. The standard InChI is InChI=1S/C20H22FN5O2S/c1-14-8-18(24-17-5-3-4-16(21)9-17)10-19(23-14)15-6-7-26(11-15)29(27,28)20-12-25(2)13-22-20/h3-5,8-10,12-13,15H,6-7,11H2,1-2H3,(H,23,24)/t15-/m0/s1. The Labute approximate surface area is 169 Å². The third-order valence-corrected chi connectivity index (χ3v) is 6.69. The molecule has 0 unspecified atom stereocenters. The molecule has 9 heteroatoms. The van der Waals surface area contributed by atoms with E-state index in [0.29, 0.717) is 25.2 Å². The van der Waals surface area contributed by atoms with Crippen LogP contribution < -0.4 is 5.32 Å². The number of halogens is 1. The molecule has 3 heterocycles. The predicted octanol–water partition coefficient (Wildman–Crippen LogP) is 3.18. The minimum atomic E-state index is -3.62. The Bertz CT molecular complexity index is 1150. The predicted molar refractivity (Wildman–Crippen MR) is 108 cm³/mol. The van der Waals surface area contributed by atoms with E-state index in [1.54, 1.807) is 23.7 Å². The lowest BCUT2D eigenvalue weighted by Crippen LogP contribution is -2.29. The van der Waals surface area contributed by atoms with Gasteiger partial charge in [-0.05, 0) is 43.7 Å². The summed E-state index contributed by atoms with van der Waals surface area (Å²) in [5.74, 6) is -0.325. The van der Waals surface area contributed by atoms with Crippen LogP contribution >= 0.6 is 0 Å². The van der Waals surface area contributed by atoms with E-state index < -0.39 is 10.0 Å². The molecule has 0 spiro atoms. The maximum atomic E-state index is 13.4. The van der Waals surface area contributed by atoms with Gasteiger partial charge in [0.15, 0.2) is 5.03 Å². The topological polar surface area (TPSA) is 80.1 Å². The number of aromatic nitrogens is 3. The molecule has 3 aromatic rings. The Morgan fingerprint density at radius 1 is 1.21 bits per heavy atom. The van der Waals surface area contributed by atoms with Crippen molar-refractivity contribution in [2.75, 3.05) is 18.4 Å². The zero-order valence-electron chi connectivity index (χ0n) is 16.2. The molecule has 0 saturated carbocycles. The Balaban J connectivity index is 1.54. The summed E-state index contributed by atoms with van der Waals surface area (Å²) in [6.45, 7) is 2.66. The molecule has 29 heavy (non-hydrogen) atoms. The summed E-state index contributed by atoms with van der Waals surface area (Å²) in [4.78, 5) is 8.60. The summed E-state index contributed by atoms with van der Waals surface area (Å²) >= 11 is 0. The second-order valence-corrected chi connectivity index (χ2v) is 9.17. The van der Waals surface area contributed by atoms with Crippen LogP contribution in [-0.4, -0.2) is 40.3 Å². The molecule has 1 atom stereocenters. The van der Waals surface area contributed by atoms with E-state index in [1.807, 2.05) is 19.1 Å².